The quantitative estimate of drug-likeness (QED) is 0.717. The number of allylic oxidation sites excluding steroid dienone is 1. The molecule has 26 heavy (non-hydrogen) atoms. The normalized spacial score (nSPS) is 13.8. The summed E-state index contributed by atoms with van der Waals surface area (Å²) in [4.78, 5) is 16.6. The number of aromatic nitrogens is 1. The molecule has 0 unspecified atom stereocenters. The molecule has 2 N–H and O–H groups in total. The van der Waals surface area contributed by atoms with Crippen LogP contribution in [-0.4, -0.2) is 17.4 Å². The van der Waals surface area contributed by atoms with Crippen LogP contribution in [0.5, 0.6) is 0 Å². The third kappa shape index (κ3) is 5.45. The van der Waals surface area contributed by atoms with E-state index in [2.05, 4.69) is 40.8 Å². The summed E-state index contributed by atoms with van der Waals surface area (Å²) in [5, 5.41) is 6.34. The van der Waals surface area contributed by atoms with Crippen LogP contribution in [0.3, 0.4) is 0 Å². The predicted octanol–water partition coefficient (Wildman–Crippen LogP) is 4.62. The van der Waals surface area contributed by atoms with Crippen LogP contribution in [0.4, 0.5) is 5.69 Å². The van der Waals surface area contributed by atoms with Gasteiger partial charge in [0.2, 0.25) is 0 Å². The highest BCUT2D eigenvalue weighted by atomic mass is 16.1. The van der Waals surface area contributed by atoms with Crippen LogP contribution in [-0.2, 0) is 6.54 Å². The first-order valence-corrected chi connectivity index (χ1v) is 9.41. The Morgan fingerprint density at radius 3 is 2.77 bits per heavy atom. The maximum Gasteiger partial charge on any atom is 0.253 e. The second-order valence-corrected chi connectivity index (χ2v) is 6.92. The predicted molar refractivity (Wildman–Crippen MR) is 106 cm³/mol. The van der Waals surface area contributed by atoms with Crippen molar-refractivity contribution in [2.45, 2.75) is 45.6 Å². The minimum Gasteiger partial charge on any atom is -0.383 e. The Balaban J connectivity index is 1.50. The van der Waals surface area contributed by atoms with Gasteiger partial charge in [0, 0.05) is 25.5 Å². The molecular formula is C22H27N3O. The van der Waals surface area contributed by atoms with Gasteiger partial charge in [-0.3, -0.25) is 9.78 Å². The minimum absolute atomic E-state index is 0.100. The first-order valence-electron chi connectivity index (χ1n) is 9.41. The van der Waals surface area contributed by atoms with E-state index in [0.717, 1.165) is 24.2 Å². The molecule has 1 aliphatic rings. The maximum atomic E-state index is 12.4. The van der Waals surface area contributed by atoms with Gasteiger partial charge < -0.3 is 10.6 Å². The molecule has 1 aromatic heterocycles. The summed E-state index contributed by atoms with van der Waals surface area (Å²) in [6.07, 6.45) is 11.9. The van der Waals surface area contributed by atoms with Gasteiger partial charge in [-0.1, -0.05) is 41.5 Å². The third-order valence-corrected chi connectivity index (χ3v) is 4.73. The van der Waals surface area contributed by atoms with E-state index in [0.29, 0.717) is 12.1 Å². The fraction of sp³-hybridized carbons (Fsp3) is 0.364. The zero-order chi connectivity index (χ0) is 18.2. The Morgan fingerprint density at radius 2 is 2.00 bits per heavy atom. The Bertz CT molecular complexity index is 765. The standard InChI is InChI=1S/C22H27N3O/c1-17-7-9-19(10-8-17)14-25-22(26)20-13-21(16-23-15-20)24-12-11-18-5-3-2-4-6-18/h5,7-10,13,15-16,24H,2-4,6,11-12,14H2,1H3,(H,25,26). The molecule has 2 aromatic rings. The number of carbonyl (C=O) groups is 1. The SMILES string of the molecule is Cc1ccc(CNC(=O)c2cncc(NCCC3=CCCCC3)c2)cc1. The number of nitrogens with zero attached hydrogens (tertiary/aromatic N) is 1. The van der Waals surface area contributed by atoms with Gasteiger partial charge in [-0.25, -0.2) is 0 Å². The topological polar surface area (TPSA) is 54.0 Å². The van der Waals surface area contributed by atoms with Crippen LogP contribution < -0.4 is 10.6 Å². The van der Waals surface area contributed by atoms with Crippen LogP contribution in [0.15, 0.2) is 54.4 Å². The molecule has 0 aliphatic heterocycles. The molecule has 4 heteroatoms. The van der Waals surface area contributed by atoms with E-state index in [-0.39, 0.29) is 5.91 Å². The first-order chi connectivity index (χ1) is 12.7. The van der Waals surface area contributed by atoms with Crippen molar-refractivity contribution in [2.75, 3.05) is 11.9 Å². The number of hydrogen-bond donors (Lipinski definition) is 2. The van der Waals surface area contributed by atoms with E-state index in [9.17, 15) is 4.79 Å². The Labute approximate surface area is 155 Å². The highest BCUT2D eigenvalue weighted by Crippen LogP contribution is 2.20. The van der Waals surface area contributed by atoms with Crippen molar-refractivity contribution in [2.24, 2.45) is 0 Å². The van der Waals surface area contributed by atoms with E-state index in [4.69, 9.17) is 0 Å². The van der Waals surface area contributed by atoms with Crippen molar-refractivity contribution in [3.63, 3.8) is 0 Å². The smallest absolute Gasteiger partial charge is 0.253 e. The van der Waals surface area contributed by atoms with E-state index in [1.54, 1.807) is 18.0 Å². The summed E-state index contributed by atoms with van der Waals surface area (Å²) >= 11 is 0. The number of hydrogen-bond acceptors (Lipinski definition) is 3. The molecule has 0 spiro atoms. The second kappa shape index (κ2) is 9.18. The summed E-state index contributed by atoms with van der Waals surface area (Å²) in [5.74, 6) is -0.100. The molecule has 1 heterocycles. The monoisotopic (exact) mass is 349 g/mol. The number of rotatable bonds is 7. The number of carbonyl (C=O) groups excluding carboxylic acids is 1. The largest absolute Gasteiger partial charge is 0.383 e. The van der Waals surface area contributed by atoms with Crippen molar-refractivity contribution >= 4 is 11.6 Å². The maximum absolute atomic E-state index is 12.4. The highest BCUT2D eigenvalue weighted by Gasteiger charge is 2.08. The van der Waals surface area contributed by atoms with Crippen molar-refractivity contribution in [3.8, 4) is 0 Å². The molecule has 0 atom stereocenters. The van der Waals surface area contributed by atoms with Crippen LogP contribution in [0.25, 0.3) is 0 Å². The average molecular weight is 349 g/mol. The van der Waals surface area contributed by atoms with E-state index in [1.165, 1.54) is 31.2 Å². The summed E-state index contributed by atoms with van der Waals surface area (Å²) in [6.45, 7) is 3.45. The lowest BCUT2D eigenvalue weighted by Crippen LogP contribution is -2.23. The summed E-state index contributed by atoms with van der Waals surface area (Å²) in [7, 11) is 0. The van der Waals surface area contributed by atoms with Gasteiger partial charge in [-0.05, 0) is 50.7 Å². The van der Waals surface area contributed by atoms with Gasteiger partial charge in [0.25, 0.3) is 5.91 Å². The minimum atomic E-state index is -0.100. The fourth-order valence-electron chi connectivity index (χ4n) is 3.15. The lowest BCUT2D eigenvalue weighted by molar-refractivity contribution is 0.0950. The Kier molecular flexibility index (Phi) is 6.42. The summed E-state index contributed by atoms with van der Waals surface area (Å²) < 4.78 is 0. The van der Waals surface area contributed by atoms with Crippen LogP contribution in [0.1, 0.15) is 53.6 Å². The summed E-state index contributed by atoms with van der Waals surface area (Å²) in [5.41, 5.74) is 5.33. The lowest BCUT2D eigenvalue weighted by atomic mass is 9.97. The molecule has 0 bridgehead atoms. The number of amides is 1. The molecule has 0 saturated heterocycles. The van der Waals surface area contributed by atoms with Crippen LogP contribution in [0.2, 0.25) is 0 Å². The molecule has 1 aliphatic carbocycles. The van der Waals surface area contributed by atoms with Crippen molar-refractivity contribution in [3.05, 3.63) is 71.1 Å². The number of aryl methyl sites for hydroxylation is 1. The number of benzene rings is 1. The van der Waals surface area contributed by atoms with E-state index >= 15 is 0 Å². The van der Waals surface area contributed by atoms with Crippen LogP contribution >= 0.6 is 0 Å². The van der Waals surface area contributed by atoms with E-state index < -0.39 is 0 Å². The van der Waals surface area contributed by atoms with Gasteiger partial charge in [0.15, 0.2) is 0 Å². The number of pyridine rings is 1. The average Bonchev–Trinajstić information content (AvgIpc) is 2.68. The van der Waals surface area contributed by atoms with Crippen molar-refractivity contribution in [1.82, 2.24) is 10.3 Å². The van der Waals surface area contributed by atoms with Crippen LogP contribution in [0, 0.1) is 6.92 Å². The van der Waals surface area contributed by atoms with Gasteiger partial charge in [0.1, 0.15) is 0 Å². The third-order valence-electron chi connectivity index (χ3n) is 4.73. The van der Waals surface area contributed by atoms with Gasteiger partial charge in [0.05, 0.1) is 11.3 Å². The molecule has 0 fully saturated rings. The Hall–Kier alpha value is -2.62. The number of anilines is 1. The molecule has 0 saturated carbocycles. The van der Waals surface area contributed by atoms with Gasteiger partial charge >= 0.3 is 0 Å². The summed E-state index contributed by atoms with van der Waals surface area (Å²) in [6, 6.07) is 10.0. The molecule has 1 aromatic carbocycles. The zero-order valence-corrected chi connectivity index (χ0v) is 15.4. The Morgan fingerprint density at radius 1 is 1.15 bits per heavy atom. The fourth-order valence-corrected chi connectivity index (χ4v) is 3.15. The van der Waals surface area contributed by atoms with Crippen molar-refractivity contribution in [1.29, 1.82) is 0 Å². The molecule has 4 nitrogen and oxygen atoms in total. The molecule has 3 rings (SSSR count). The highest BCUT2D eigenvalue weighted by molar-refractivity contribution is 5.94. The molecule has 136 valence electrons. The first kappa shape index (κ1) is 18.2. The van der Waals surface area contributed by atoms with Crippen molar-refractivity contribution < 1.29 is 4.79 Å². The molecule has 0 radical (unpaired) electrons. The molecular weight excluding hydrogens is 322 g/mol. The second-order valence-electron chi connectivity index (χ2n) is 6.92. The molecule has 1 amide bonds. The van der Waals surface area contributed by atoms with Gasteiger partial charge in [-0.15, -0.1) is 0 Å². The zero-order valence-electron chi connectivity index (χ0n) is 15.4. The number of nitrogens with one attached hydrogen (secondary N) is 2. The lowest BCUT2D eigenvalue weighted by Gasteiger charge is -2.13. The van der Waals surface area contributed by atoms with Gasteiger partial charge in [-0.2, -0.15) is 0 Å². The van der Waals surface area contributed by atoms with E-state index in [1.807, 2.05) is 18.2 Å².